The number of carbonyl (C=O) groups excluding carboxylic acids is 1. The second-order valence-electron chi connectivity index (χ2n) is 9.02. The van der Waals surface area contributed by atoms with Crippen LogP contribution in [0, 0.1) is 13.8 Å². The summed E-state index contributed by atoms with van der Waals surface area (Å²) in [7, 11) is -5.31. The molecule has 0 radical (unpaired) electrons. The third kappa shape index (κ3) is 6.95. The average molecular weight is 612 g/mol. The Balaban J connectivity index is 1.56. The molecular formula is C28H29N5O7S2. The molecule has 12 nitrogen and oxygen atoms in total. The van der Waals surface area contributed by atoms with Crippen molar-refractivity contribution in [3.8, 4) is 11.5 Å². The molecular weight excluding hydrogens is 582 g/mol. The van der Waals surface area contributed by atoms with E-state index in [-0.39, 0.29) is 32.9 Å². The molecule has 0 fully saturated rings. The van der Waals surface area contributed by atoms with Crippen LogP contribution in [0.4, 0.5) is 17.3 Å². The summed E-state index contributed by atoms with van der Waals surface area (Å²) >= 11 is 0. The Morgan fingerprint density at radius 1 is 0.786 bits per heavy atom. The number of hydrogen-bond donors (Lipinski definition) is 2. The van der Waals surface area contributed by atoms with E-state index in [9.17, 15) is 21.6 Å². The highest BCUT2D eigenvalue weighted by Gasteiger charge is 2.28. The van der Waals surface area contributed by atoms with Crippen molar-refractivity contribution in [2.45, 2.75) is 23.6 Å². The molecule has 0 saturated heterocycles. The number of carbonyl (C=O) groups is 1. The Hall–Kier alpha value is -4.69. The molecule has 0 spiro atoms. The number of anilines is 3. The van der Waals surface area contributed by atoms with Crippen LogP contribution in [0.2, 0.25) is 0 Å². The number of sulfonamides is 2. The monoisotopic (exact) mass is 611 g/mol. The van der Waals surface area contributed by atoms with E-state index in [0.717, 1.165) is 4.31 Å². The third-order valence-corrected chi connectivity index (χ3v) is 9.06. The lowest BCUT2D eigenvalue weighted by Crippen LogP contribution is -2.38. The van der Waals surface area contributed by atoms with Crippen molar-refractivity contribution >= 4 is 43.3 Å². The Bertz CT molecular complexity index is 1780. The van der Waals surface area contributed by atoms with Gasteiger partial charge in [0.1, 0.15) is 6.54 Å². The zero-order valence-electron chi connectivity index (χ0n) is 23.2. The van der Waals surface area contributed by atoms with Crippen LogP contribution < -0.4 is 23.8 Å². The zero-order chi connectivity index (χ0) is 30.5. The second-order valence-corrected chi connectivity index (χ2v) is 12.6. The normalized spacial score (nSPS) is 11.4. The highest BCUT2D eigenvalue weighted by molar-refractivity contribution is 7.93. The first-order valence-corrected chi connectivity index (χ1v) is 15.4. The van der Waals surface area contributed by atoms with Crippen molar-refractivity contribution in [1.82, 2.24) is 9.97 Å². The van der Waals surface area contributed by atoms with Gasteiger partial charge >= 0.3 is 0 Å². The van der Waals surface area contributed by atoms with Crippen molar-refractivity contribution in [2.75, 3.05) is 35.1 Å². The van der Waals surface area contributed by atoms with Crippen LogP contribution in [-0.4, -0.2) is 53.5 Å². The molecule has 42 heavy (non-hydrogen) atoms. The molecule has 0 atom stereocenters. The smallest absolute Gasteiger partial charge is 0.264 e. The number of aryl methyl sites for hydroxylation is 2. The molecule has 3 aromatic carbocycles. The fraction of sp³-hybridized carbons (Fsp3) is 0.179. The fourth-order valence-electron chi connectivity index (χ4n) is 4.01. The van der Waals surface area contributed by atoms with E-state index in [1.54, 1.807) is 38.1 Å². The van der Waals surface area contributed by atoms with Crippen molar-refractivity contribution in [3.05, 3.63) is 90.3 Å². The van der Waals surface area contributed by atoms with Gasteiger partial charge in [-0.2, -0.15) is 0 Å². The standard InChI is InChI=1S/C28H29N5O7S2/c1-19-16-20(2)30-28(29-19)32-41(35,36)23-13-10-21(11-14-23)31-27(34)18-33(42(37,38)24-8-6-5-7-9-24)22-12-15-25(39-3)26(17-22)40-4/h5-17H,18H2,1-4H3,(H,31,34)(H,29,30,32). The highest BCUT2D eigenvalue weighted by atomic mass is 32.2. The first-order valence-electron chi connectivity index (χ1n) is 12.5. The van der Waals surface area contributed by atoms with Gasteiger partial charge in [0, 0.05) is 23.1 Å². The molecule has 0 aliphatic heterocycles. The molecule has 0 bridgehead atoms. The summed E-state index contributed by atoms with van der Waals surface area (Å²) < 4.78 is 66.8. The van der Waals surface area contributed by atoms with Gasteiger partial charge < -0.3 is 14.8 Å². The van der Waals surface area contributed by atoms with Crippen molar-refractivity contribution in [1.29, 1.82) is 0 Å². The lowest BCUT2D eigenvalue weighted by molar-refractivity contribution is -0.114. The van der Waals surface area contributed by atoms with Gasteiger partial charge in [0.2, 0.25) is 11.9 Å². The topological polar surface area (TPSA) is 157 Å². The number of rotatable bonds is 11. The van der Waals surface area contributed by atoms with Gasteiger partial charge in [0.05, 0.1) is 29.7 Å². The van der Waals surface area contributed by atoms with E-state index in [1.807, 2.05) is 0 Å². The predicted octanol–water partition coefficient (Wildman–Crippen LogP) is 3.75. The van der Waals surface area contributed by atoms with Gasteiger partial charge in [0.25, 0.3) is 20.0 Å². The number of benzene rings is 3. The van der Waals surface area contributed by atoms with E-state index in [1.165, 1.54) is 68.8 Å². The molecule has 1 aromatic heterocycles. The van der Waals surface area contributed by atoms with E-state index in [2.05, 4.69) is 20.0 Å². The van der Waals surface area contributed by atoms with Crippen molar-refractivity contribution < 1.29 is 31.1 Å². The van der Waals surface area contributed by atoms with Gasteiger partial charge in [-0.1, -0.05) is 18.2 Å². The average Bonchev–Trinajstić information content (AvgIpc) is 2.95. The summed E-state index contributed by atoms with van der Waals surface area (Å²) in [6.45, 7) is 2.86. The van der Waals surface area contributed by atoms with Crippen LogP contribution in [0.5, 0.6) is 11.5 Å². The lowest BCUT2D eigenvalue weighted by Gasteiger charge is -2.25. The molecule has 14 heteroatoms. The summed E-state index contributed by atoms with van der Waals surface area (Å²) in [6.07, 6.45) is 0. The molecule has 1 heterocycles. The summed E-state index contributed by atoms with van der Waals surface area (Å²) in [6, 6.07) is 19.3. The van der Waals surface area contributed by atoms with Gasteiger partial charge in [-0.3, -0.25) is 9.10 Å². The summed E-state index contributed by atoms with van der Waals surface area (Å²) in [5.74, 6) is -0.0573. The first kappa shape index (κ1) is 30.3. The third-order valence-electron chi connectivity index (χ3n) is 5.93. The second kappa shape index (κ2) is 12.4. The van der Waals surface area contributed by atoms with E-state index < -0.39 is 32.5 Å². The molecule has 0 aliphatic carbocycles. The number of amides is 1. The van der Waals surface area contributed by atoms with Crippen LogP contribution >= 0.6 is 0 Å². The summed E-state index contributed by atoms with van der Waals surface area (Å²) in [5, 5.41) is 2.62. The van der Waals surface area contributed by atoms with Crippen LogP contribution in [0.25, 0.3) is 0 Å². The quantitative estimate of drug-likeness (QED) is 0.258. The summed E-state index contributed by atoms with van der Waals surface area (Å²) in [4.78, 5) is 21.2. The highest BCUT2D eigenvalue weighted by Crippen LogP contribution is 2.34. The van der Waals surface area contributed by atoms with E-state index in [0.29, 0.717) is 17.1 Å². The zero-order valence-corrected chi connectivity index (χ0v) is 24.9. The van der Waals surface area contributed by atoms with Crippen molar-refractivity contribution in [2.24, 2.45) is 0 Å². The molecule has 220 valence electrons. The minimum Gasteiger partial charge on any atom is -0.493 e. The molecule has 0 saturated carbocycles. The van der Waals surface area contributed by atoms with E-state index in [4.69, 9.17) is 9.47 Å². The maximum absolute atomic E-state index is 13.6. The number of methoxy groups -OCH3 is 2. The molecule has 4 rings (SSSR count). The maximum atomic E-state index is 13.6. The molecule has 1 amide bonds. The predicted molar refractivity (Wildman–Crippen MR) is 158 cm³/mol. The minimum atomic E-state index is -4.17. The van der Waals surface area contributed by atoms with Gasteiger partial charge in [-0.15, -0.1) is 0 Å². The molecule has 4 aromatic rings. The molecule has 0 unspecified atom stereocenters. The maximum Gasteiger partial charge on any atom is 0.264 e. The number of hydrogen-bond acceptors (Lipinski definition) is 9. The van der Waals surface area contributed by atoms with Crippen LogP contribution in [-0.2, 0) is 24.8 Å². The van der Waals surface area contributed by atoms with Crippen LogP contribution in [0.3, 0.4) is 0 Å². The lowest BCUT2D eigenvalue weighted by atomic mass is 10.2. The Morgan fingerprint density at radius 2 is 1.40 bits per heavy atom. The fourth-order valence-corrected chi connectivity index (χ4v) is 6.39. The Labute approximate surface area is 244 Å². The van der Waals surface area contributed by atoms with E-state index >= 15 is 0 Å². The molecule has 2 N–H and O–H groups in total. The number of nitrogens with one attached hydrogen (secondary N) is 2. The number of nitrogens with zero attached hydrogens (tertiary/aromatic N) is 3. The Morgan fingerprint density at radius 3 is 2.00 bits per heavy atom. The number of aromatic nitrogens is 2. The minimum absolute atomic E-state index is 0.0116. The summed E-state index contributed by atoms with van der Waals surface area (Å²) in [5.41, 5.74) is 1.64. The van der Waals surface area contributed by atoms with Gasteiger partial charge in [-0.25, -0.2) is 31.5 Å². The SMILES string of the molecule is COc1ccc(N(CC(=O)Nc2ccc(S(=O)(=O)Nc3nc(C)cc(C)n3)cc2)S(=O)(=O)c2ccccc2)cc1OC. The van der Waals surface area contributed by atoms with Crippen molar-refractivity contribution in [3.63, 3.8) is 0 Å². The van der Waals surface area contributed by atoms with Crippen LogP contribution in [0.15, 0.2) is 88.7 Å². The number of ether oxygens (including phenoxy) is 2. The Kier molecular flexibility index (Phi) is 8.97. The molecule has 0 aliphatic rings. The van der Waals surface area contributed by atoms with Gasteiger partial charge in [0.15, 0.2) is 11.5 Å². The first-order chi connectivity index (χ1) is 19.9. The largest absolute Gasteiger partial charge is 0.493 e. The van der Waals surface area contributed by atoms with Crippen LogP contribution in [0.1, 0.15) is 11.4 Å². The van der Waals surface area contributed by atoms with Gasteiger partial charge in [-0.05, 0) is 68.4 Å².